The van der Waals surface area contributed by atoms with Crippen LogP contribution in [0.5, 0.6) is 0 Å². The average molecular weight is 327 g/mol. The smallest absolute Gasteiger partial charge is 0.0717 e. The lowest BCUT2D eigenvalue weighted by Crippen LogP contribution is -2.31. The molecular weight excluding hydrogens is 306 g/mol. The van der Waals surface area contributed by atoms with Crippen LogP contribution in [0, 0.1) is 5.41 Å². The fraction of sp³-hybridized carbons (Fsp3) is 0.389. The van der Waals surface area contributed by atoms with Crippen molar-refractivity contribution in [1.82, 2.24) is 4.90 Å². The fourth-order valence-corrected chi connectivity index (χ4v) is 4.44. The van der Waals surface area contributed by atoms with Crippen LogP contribution in [0.4, 0.5) is 5.69 Å². The molecule has 0 aliphatic carbocycles. The predicted octanol–water partition coefficient (Wildman–Crippen LogP) is 3.05. The van der Waals surface area contributed by atoms with E-state index >= 15 is 0 Å². The van der Waals surface area contributed by atoms with Gasteiger partial charge in [0.15, 0.2) is 0 Å². The Morgan fingerprint density at radius 3 is 3.09 bits per heavy atom. The van der Waals surface area contributed by atoms with Crippen molar-refractivity contribution in [1.29, 1.82) is 5.41 Å². The van der Waals surface area contributed by atoms with E-state index in [9.17, 15) is 5.11 Å². The fourth-order valence-electron chi connectivity index (χ4n) is 3.62. The van der Waals surface area contributed by atoms with Gasteiger partial charge in [-0.1, -0.05) is 12.1 Å². The molecule has 1 aromatic heterocycles. The van der Waals surface area contributed by atoms with Crippen molar-refractivity contribution in [3.05, 3.63) is 51.2 Å². The summed E-state index contributed by atoms with van der Waals surface area (Å²) in [6.07, 6.45) is 2.25. The summed E-state index contributed by atoms with van der Waals surface area (Å²) >= 11 is 1.71. The molecular formula is C18H21N3OS. The third-order valence-electron chi connectivity index (χ3n) is 4.90. The van der Waals surface area contributed by atoms with Crippen molar-refractivity contribution in [3.63, 3.8) is 0 Å². The number of hydrogen-bond donors (Lipinski definition) is 3. The van der Waals surface area contributed by atoms with Gasteiger partial charge in [0, 0.05) is 34.3 Å². The summed E-state index contributed by atoms with van der Waals surface area (Å²) in [4.78, 5) is 3.59. The first-order valence-electron chi connectivity index (χ1n) is 8.13. The van der Waals surface area contributed by atoms with Gasteiger partial charge < -0.3 is 10.4 Å². The minimum atomic E-state index is 0.244. The Balaban J connectivity index is 1.60. The molecule has 0 unspecified atom stereocenters. The van der Waals surface area contributed by atoms with Crippen LogP contribution in [-0.2, 0) is 13.1 Å². The Kier molecular flexibility index (Phi) is 3.93. The number of aliphatic hydroxyl groups excluding tert-OH is 1. The zero-order chi connectivity index (χ0) is 15.8. The van der Waals surface area contributed by atoms with Crippen LogP contribution >= 0.6 is 11.3 Å². The van der Waals surface area contributed by atoms with E-state index in [4.69, 9.17) is 5.41 Å². The minimum absolute atomic E-state index is 0.244. The molecule has 2 aliphatic heterocycles. The lowest BCUT2D eigenvalue weighted by molar-refractivity contribution is 0.153. The van der Waals surface area contributed by atoms with Crippen molar-refractivity contribution in [2.45, 2.75) is 32.0 Å². The van der Waals surface area contributed by atoms with Gasteiger partial charge in [-0.25, -0.2) is 0 Å². The first kappa shape index (κ1) is 14.9. The molecule has 3 N–H and O–H groups in total. The molecule has 1 aromatic carbocycles. The van der Waals surface area contributed by atoms with Gasteiger partial charge in [-0.15, -0.1) is 11.3 Å². The Hall–Kier alpha value is -1.69. The highest BCUT2D eigenvalue weighted by Gasteiger charge is 2.24. The molecule has 1 fully saturated rings. The molecule has 120 valence electrons. The van der Waals surface area contributed by atoms with E-state index in [-0.39, 0.29) is 6.61 Å². The lowest BCUT2D eigenvalue weighted by Gasteiger charge is -2.23. The topological polar surface area (TPSA) is 59.4 Å². The third kappa shape index (κ3) is 2.69. The van der Waals surface area contributed by atoms with Crippen LogP contribution in [-0.4, -0.2) is 34.9 Å². The van der Waals surface area contributed by atoms with E-state index in [1.54, 1.807) is 11.3 Å². The van der Waals surface area contributed by atoms with E-state index in [0.29, 0.717) is 11.8 Å². The summed E-state index contributed by atoms with van der Waals surface area (Å²) in [5, 5.41) is 23.5. The summed E-state index contributed by atoms with van der Waals surface area (Å²) in [5.41, 5.74) is 4.94. The van der Waals surface area contributed by atoms with Crippen LogP contribution < -0.4 is 5.32 Å². The number of benzene rings is 1. The van der Waals surface area contributed by atoms with Gasteiger partial charge in [0.1, 0.15) is 0 Å². The molecule has 4 nitrogen and oxygen atoms in total. The van der Waals surface area contributed by atoms with Gasteiger partial charge in [0.2, 0.25) is 0 Å². The zero-order valence-corrected chi connectivity index (χ0v) is 13.8. The first-order valence-corrected chi connectivity index (χ1v) is 9.01. The predicted molar refractivity (Wildman–Crippen MR) is 94.5 cm³/mol. The van der Waals surface area contributed by atoms with Gasteiger partial charge in [-0.3, -0.25) is 10.3 Å². The number of thiophene rings is 1. The van der Waals surface area contributed by atoms with Gasteiger partial charge in [-0.2, -0.15) is 0 Å². The largest absolute Gasteiger partial charge is 0.395 e. The van der Waals surface area contributed by atoms with Crippen molar-refractivity contribution in [2.24, 2.45) is 0 Å². The van der Waals surface area contributed by atoms with E-state index in [1.165, 1.54) is 16.9 Å². The molecule has 1 atom stereocenters. The third-order valence-corrected chi connectivity index (χ3v) is 5.82. The van der Waals surface area contributed by atoms with Crippen LogP contribution in [0.3, 0.4) is 0 Å². The molecule has 3 heterocycles. The molecule has 0 amide bonds. The first-order chi connectivity index (χ1) is 11.3. The molecule has 2 aliphatic rings. The molecule has 0 spiro atoms. The zero-order valence-electron chi connectivity index (χ0n) is 13.0. The number of likely N-dealkylation sites (tertiary alicyclic amines) is 1. The van der Waals surface area contributed by atoms with E-state index in [1.807, 2.05) is 6.07 Å². The second-order valence-electron chi connectivity index (χ2n) is 6.32. The summed E-state index contributed by atoms with van der Waals surface area (Å²) < 4.78 is 0. The van der Waals surface area contributed by atoms with Gasteiger partial charge in [0.05, 0.1) is 18.9 Å². The van der Waals surface area contributed by atoms with Crippen LogP contribution in [0.2, 0.25) is 0 Å². The second kappa shape index (κ2) is 6.07. The van der Waals surface area contributed by atoms with Crippen LogP contribution in [0.15, 0.2) is 29.6 Å². The van der Waals surface area contributed by atoms with Gasteiger partial charge >= 0.3 is 0 Å². The summed E-state index contributed by atoms with van der Waals surface area (Å²) in [7, 11) is 0. The average Bonchev–Trinajstić information content (AvgIpc) is 3.18. The highest BCUT2D eigenvalue weighted by Crippen LogP contribution is 2.30. The number of fused-ring (bicyclic) bond motifs is 2. The quantitative estimate of drug-likeness (QED) is 0.812. The lowest BCUT2D eigenvalue weighted by atomic mass is 10.0. The number of anilines is 1. The molecule has 0 saturated carbocycles. The second-order valence-corrected chi connectivity index (χ2v) is 7.32. The molecule has 4 rings (SSSR count). The molecule has 5 heteroatoms. The standard InChI is InChI=1S/C18H21N3OS/c19-18-14-4-3-12(10-21-6-1-2-13(21)11-22)8-16(14)20-9-17-15(18)5-7-23-17/h3-5,7-8,13,19-20,22H,1-2,6,9-11H2/t13-/m1/s1. The Morgan fingerprint density at radius 1 is 1.30 bits per heavy atom. The number of aliphatic hydroxyl groups is 1. The maximum atomic E-state index is 9.47. The summed E-state index contributed by atoms with van der Waals surface area (Å²) in [5.74, 6) is 0. The SMILES string of the molecule is N=C1c2ccc(CN3CCC[C@@H]3CO)cc2NCc2sccc21. The molecule has 1 saturated heterocycles. The Bertz CT molecular complexity index is 740. The monoisotopic (exact) mass is 327 g/mol. The minimum Gasteiger partial charge on any atom is -0.395 e. The molecule has 0 radical (unpaired) electrons. The van der Waals surface area contributed by atoms with Crippen molar-refractivity contribution < 1.29 is 5.11 Å². The molecule has 0 bridgehead atoms. The van der Waals surface area contributed by atoms with Crippen LogP contribution in [0.1, 0.15) is 34.4 Å². The maximum absolute atomic E-state index is 9.47. The number of nitrogens with one attached hydrogen (secondary N) is 2. The van der Waals surface area contributed by atoms with E-state index in [2.05, 4.69) is 33.8 Å². The summed E-state index contributed by atoms with van der Waals surface area (Å²) in [6, 6.07) is 8.71. The van der Waals surface area contributed by atoms with E-state index < -0.39 is 0 Å². The molecule has 23 heavy (non-hydrogen) atoms. The highest BCUT2D eigenvalue weighted by molar-refractivity contribution is 7.10. The van der Waals surface area contributed by atoms with Crippen LogP contribution in [0.25, 0.3) is 0 Å². The normalized spacial score (nSPS) is 20.7. The Labute approximate surface area is 140 Å². The van der Waals surface area contributed by atoms with Gasteiger partial charge in [-0.05, 0) is 42.5 Å². The summed E-state index contributed by atoms with van der Waals surface area (Å²) in [6.45, 7) is 2.96. The Morgan fingerprint density at radius 2 is 2.22 bits per heavy atom. The van der Waals surface area contributed by atoms with E-state index in [0.717, 1.165) is 42.9 Å². The number of rotatable bonds is 3. The van der Waals surface area contributed by atoms with Crippen molar-refractivity contribution in [2.75, 3.05) is 18.5 Å². The van der Waals surface area contributed by atoms with Crippen molar-refractivity contribution >= 4 is 22.7 Å². The molecule has 2 aromatic rings. The number of nitrogens with zero attached hydrogens (tertiary/aromatic N) is 1. The van der Waals surface area contributed by atoms with Gasteiger partial charge in [0.25, 0.3) is 0 Å². The number of hydrogen-bond acceptors (Lipinski definition) is 5. The maximum Gasteiger partial charge on any atom is 0.0717 e. The highest BCUT2D eigenvalue weighted by atomic mass is 32.1. The van der Waals surface area contributed by atoms with Crippen molar-refractivity contribution in [3.8, 4) is 0 Å².